The third kappa shape index (κ3) is 5.43. The Balaban J connectivity index is 1.33. The molecule has 37 heavy (non-hydrogen) atoms. The van der Waals surface area contributed by atoms with Crippen LogP contribution in [0.25, 0.3) is 11.0 Å². The second kappa shape index (κ2) is 10.9. The van der Waals surface area contributed by atoms with Crippen molar-refractivity contribution in [1.82, 2.24) is 5.43 Å². The highest BCUT2D eigenvalue weighted by atomic mass is 16.7. The molecule has 3 aromatic carbocycles. The summed E-state index contributed by atoms with van der Waals surface area (Å²) in [6.07, 6.45) is 3.91. The highest BCUT2D eigenvalue weighted by molar-refractivity contribution is 5.96. The van der Waals surface area contributed by atoms with E-state index in [-0.39, 0.29) is 12.6 Å². The van der Waals surface area contributed by atoms with Crippen LogP contribution in [0, 0.1) is 0 Å². The molecular formula is C29H26N2O6. The smallest absolute Gasteiger partial charge is 0.307 e. The van der Waals surface area contributed by atoms with Crippen LogP contribution in [0.15, 0.2) is 82.8 Å². The topological polar surface area (TPSA) is 91.5 Å². The Morgan fingerprint density at radius 1 is 1.08 bits per heavy atom. The molecule has 0 saturated heterocycles. The lowest BCUT2D eigenvalue weighted by molar-refractivity contribution is 0.0929. The number of rotatable bonds is 10. The maximum Gasteiger partial charge on any atom is 0.307 e. The van der Waals surface area contributed by atoms with Gasteiger partial charge in [-0.25, -0.2) is 5.43 Å². The molecule has 0 saturated carbocycles. The fourth-order valence-electron chi connectivity index (χ4n) is 3.99. The highest BCUT2D eigenvalue weighted by Gasteiger charge is 2.16. The van der Waals surface area contributed by atoms with Crippen molar-refractivity contribution in [1.29, 1.82) is 0 Å². The van der Waals surface area contributed by atoms with Gasteiger partial charge in [0.25, 0.3) is 0 Å². The number of carbonyl (C=O) groups is 1. The molecule has 0 unspecified atom stereocenters. The Hall–Kier alpha value is -4.72. The lowest BCUT2D eigenvalue weighted by Gasteiger charge is -2.17. The number of hydrogen-bond acceptors (Lipinski definition) is 7. The number of nitrogens with one attached hydrogen (secondary N) is 1. The third-order valence-electron chi connectivity index (χ3n) is 5.67. The van der Waals surface area contributed by atoms with E-state index in [1.54, 1.807) is 18.4 Å². The van der Waals surface area contributed by atoms with Gasteiger partial charge in [0.2, 0.25) is 6.79 Å². The van der Waals surface area contributed by atoms with Gasteiger partial charge in [0.15, 0.2) is 28.8 Å². The molecular weight excluding hydrogens is 472 g/mol. The van der Waals surface area contributed by atoms with Gasteiger partial charge in [-0.1, -0.05) is 30.3 Å². The summed E-state index contributed by atoms with van der Waals surface area (Å²) >= 11 is 0. The number of hydrazone groups is 1. The molecule has 1 amide bonds. The maximum absolute atomic E-state index is 12.5. The van der Waals surface area contributed by atoms with Crippen molar-refractivity contribution in [3.8, 4) is 23.0 Å². The lowest BCUT2D eigenvalue weighted by Crippen LogP contribution is -2.16. The summed E-state index contributed by atoms with van der Waals surface area (Å²) in [5.41, 5.74) is 5.72. The van der Waals surface area contributed by atoms with Gasteiger partial charge in [-0.05, 0) is 60.9 Å². The Morgan fingerprint density at radius 3 is 2.78 bits per heavy atom. The van der Waals surface area contributed by atoms with Crippen molar-refractivity contribution >= 4 is 23.1 Å². The monoisotopic (exact) mass is 498 g/mol. The standard InChI is InChI=1S/C29H26N2O6/c1-3-7-22-12-20(16-30-31-29(32)27-15-21-8-5-6-9-23(21)37-27)14-26(33-4-2)28(22)34-17-19-10-11-24-25(13-19)36-18-35-24/h3,5-6,8-16H,1,4,7,17-18H2,2H3,(H,31,32)/b30-16+. The zero-order chi connectivity index (χ0) is 25.6. The average molecular weight is 499 g/mol. The van der Waals surface area contributed by atoms with E-state index in [1.807, 2.05) is 61.5 Å². The van der Waals surface area contributed by atoms with Gasteiger partial charge in [0, 0.05) is 10.9 Å². The number of amides is 1. The number of carbonyl (C=O) groups excluding carboxylic acids is 1. The van der Waals surface area contributed by atoms with Crippen molar-refractivity contribution < 1.29 is 28.2 Å². The van der Waals surface area contributed by atoms with Gasteiger partial charge in [-0.15, -0.1) is 6.58 Å². The maximum atomic E-state index is 12.5. The van der Waals surface area contributed by atoms with E-state index in [0.717, 1.165) is 27.8 Å². The number of ether oxygens (including phenoxy) is 4. The number of furan rings is 1. The molecule has 1 aromatic heterocycles. The summed E-state index contributed by atoms with van der Waals surface area (Å²) in [5, 5.41) is 4.96. The van der Waals surface area contributed by atoms with E-state index in [1.165, 1.54) is 0 Å². The average Bonchev–Trinajstić information content (AvgIpc) is 3.55. The second-order valence-electron chi connectivity index (χ2n) is 8.26. The van der Waals surface area contributed by atoms with Gasteiger partial charge in [0.1, 0.15) is 12.2 Å². The van der Waals surface area contributed by atoms with Crippen LogP contribution in [0.5, 0.6) is 23.0 Å². The molecule has 4 aromatic rings. The number of allylic oxidation sites excluding steroid dienone is 1. The number of fused-ring (bicyclic) bond motifs is 2. The summed E-state index contributed by atoms with van der Waals surface area (Å²) in [4.78, 5) is 12.5. The first-order chi connectivity index (χ1) is 18.1. The van der Waals surface area contributed by atoms with Crippen LogP contribution in [-0.4, -0.2) is 25.5 Å². The van der Waals surface area contributed by atoms with E-state index < -0.39 is 5.91 Å². The van der Waals surface area contributed by atoms with E-state index in [0.29, 0.717) is 42.5 Å². The molecule has 5 rings (SSSR count). The SMILES string of the molecule is C=CCc1cc(/C=N/NC(=O)c2cc3ccccc3o2)cc(OCC)c1OCc1ccc2c(c1)OCO2. The van der Waals surface area contributed by atoms with Crippen LogP contribution in [0.2, 0.25) is 0 Å². The van der Waals surface area contributed by atoms with Crippen molar-refractivity contribution in [3.63, 3.8) is 0 Å². The first-order valence-electron chi connectivity index (χ1n) is 11.9. The Morgan fingerprint density at radius 2 is 1.95 bits per heavy atom. The first kappa shape index (κ1) is 24.0. The summed E-state index contributed by atoms with van der Waals surface area (Å²) in [6.45, 7) is 6.77. The molecule has 2 heterocycles. The van der Waals surface area contributed by atoms with Crippen molar-refractivity contribution in [2.24, 2.45) is 5.10 Å². The Kier molecular flexibility index (Phi) is 7.07. The molecule has 0 fully saturated rings. The molecule has 8 heteroatoms. The molecule has 188 valence electrons. The minimum Gasteiger partial charge on any atom is -0.490 e. The molecule has 0 radical (unpaired) electrons. The number of para-hydroxylation sites is 1. The minimum atomic E-state index is -0.438. The van der Waals surface area contributed by atoms with E-state index in [2.05, 4.69) is 17.1 Å². The molecule has 8 nitrogen and oxygen atoms in total. The molecule has 0 atom stereocenters. The fourth-order valence-corrected chi connectivity index (χ4v) is 3.99. The highest BCUT2D eigenvalue weighted by Crippen LogP contribution is 2.36. The Labute approximate surface area is 214 Å². The number of hydrogen-bond donors (Lipinski definition) is 1. The molecule has 1 aliphatic rings. The van der Waals surface area contributed by atoms with E-state index >= 15 is 0 Å². The van der Waals surface area contributed by atoms with E-state index in [4.69, 9.17) is 23.4 Å². The number of nitrogens with zero attached hydrogens (tertiary/aromatic N) is 1. The van der Waals surface area contributed by atoms with Crippen molar-refractivity contribution in [2.75, 3.05) is 13.4 Å². The van der Waals surface area contributed by atoms with Gasteiger partial charge >= 0.3 is 5.91 Å². The molecule has 0 spiro atoms. The summed E-state index contributed by atoms with van der Waals surface area (Å²) in [6, 6.07) is 18.6. The first-order valence-corrected chi connectivity index (χ1v) is 11.9. The third-order valence-corrected chi connectivity index (χ3v) is 5.67. The summed E-state index contributed by atoms with van der Waals surface area (Å²) in [5.74, 6) is 2.38. The van der Waals surface area contributed by atoms with Crippen LogP contribution in [-0.2, 0) is 13.0 Å². The number of benzene rings is 3. The summed E-state index contributed by atoms with van der Waals surface area (Å²) in [7, 11) is 0. The predicted octanol–water partition coefficient (Wildman–Crippen LogP) is 5.63. The van der Waals surface area contributed by atoms with Crippen LogP contribution in [0.3, 0.4) is 0 Å². The van der Waals surface area contributed by atoms with Crippen molar-refractivity contribution in [3.05, 3.63) is 95.8 Å². The van der Waals surface area contributed by atoms with Crippen molar-refractivity contribution in [2.45, 2.75) is 20.0 Å². The van der Waals surface area contributed by atoms with Gasteiger partial charge in [-0.2, -0.15) is 5.10 Å². The molecule has 0 bridgehead atoms. The van der Waals surface area contributed by atoms with Crippen LogP contribution < -0.4 is 24.4 Å². The zero-order valence-electron chi connectivity index (χ0n) is 20.4. The van der Waals surface area contributed by atoms with E-state index in [9.17, 15) is 4.79 Å². The predicted molar refractivity (Wildman–Crippen MR) is 140 cm³/mol. The largest absolute Gasteiger partial charge is 0.490 e. The van der Waals surface area contributed by atoms with Gasteiger partial charge in [0.05, 0.1) is 12.8 Å². The normalized spacial score (nSPS) is 12.1. The lowest BCUT2D eigenvalue weighted by atomic mass is 10.1. The van der Waals surface area contributed by atoms with Crippen LogP contribution >= 0.6 is 0 Å². The van der Waals surface area contributed by atoms with Crippen LogP contribution in [0.1, 0.15) is 34.2 Å². The minimum absolute atomic E-state index is 0.188. The molecule has 1 N–H and O–H groups in total. The fraction of sp³-hybridized carbons (Fsp3) is 0.172. The van der Waals surface area contributed by atoms with Gasteiger partial charge < -0.3 is 23.4 Å². The molecule has 1 aliphatic heterocycles. The summed E-state index contributed by atoms with van der Waals surface area (Å²) < 4.78 is 28.5. The molecule has 0 aliphatic carbocycles. The van der Waals surface area contributed by atoms with Crippen LogP contribution in [0.4, 0.5) is 0 Å². The Bertz CT molecular complexity index is 1440. The zero-order valence-corrected chi connectivity index (χ0v) is 20.4. The quantitative estimate of drug-likeness (QED) is 0.173. The second-order valence-corrected chi connectivity index (χ2v) is 8.26. The van der Waals surface area contributed by atoms with Gasteiger partial charge in [-0.3, -0.25) is 4.79 Å².